The van der Waals surface area contributed by atoms with Crippen molar-refractivity contribution >= 4 is 51.5 Å². The summed E-state index contributed by atoms with van der Waals surface area (Å²) in [5.74, 6) is -4.24. The van der Waals surface area contributed by atoms with Crippen molar-refractivity contribution in [3.63, 3.8) is 0 Å². The van der Waals surface area contributed by atoms with Crippen molar-refractivity contribution in [2.75, 3.05) is 62.6 Å². The van der Waals surface area contributed by atoms with Gasteiger partial charge in [-0.2, -0.15) is 15.5 Å². The van der Waals surface area contributed by atoms with E-state index in [-0.39, 0.29) is 30.5 Å². The number of carbonyl (C=O) groups is 4. The van der Waals surface area contributed by atoms with E-state index in [9.17, 15) is 29.5 Å². The molecule has 3 aliphatic heterocycles. The minimum atomic E-state index is -1.27. The van der Waals surface area contributed by atoms with Gasteiger partial charge in [-0.05, 0) is 88.4 Å². The number of imide groups is 1. The number of anilines is 2. The number of aliphatic hydroxyl groups is 1. The first-order chi connectivity index (χ1) is 30.2. The van der Waals surface area contributed by atoms with Crippen LogP contribution >= 0.6 is 0 Å². The highest BCUT2D eigenvalue weighted by Gasteiger charge is 2.35. The van der Waals surface area contributed by atoms with Gasteiger partial charge in [0.25, 0.3) is 5.91 Å². The zero-order chi connectivity index (χ0) is 44.2. The van der Waals surface area contributed by atoms with E-state index in [1.165, 1.54) is 22.8 Å². The van der Waals surface area contributed by atoms with Gasteiger partial charge in [-0.25, -0.2) is 18.1 Å². The number of aromatic nitrogens is 4. The van der Waals surface area contributed by atoms with E-state index < -0.39 is 40.9 Å². The molecule has 0 bridgehead atoms. The summed E-state index contributed by atoms with van der Waals surface area (Å²) in [7, 11) is 0. The van der Waals surface area contributed by atoms with Gasteiger partial charge in [-0.15, -0.1) is 0 Å². The monoisotopic (exact) mass is 861 g/mol. The molecule has 18 heteroatoms. The Kier molecular flexibility index (Phi) is 11.1. The van der Waals surface area contributed by atoms with Gasteiger partial charge in [0.05, 0.1) is 40.4 Å². The number of carbonyl (C=O) groups excluding carboxylic acids is 4. The molecule has 3 N–H and O–H groups in total. The van der Waals surface area contributed by atoms with E-state index in [0.29, 0.717) is 79.0 Å². The second kappa shape index (κ2) is 16.7. The number of nitriles is 1. The second-order valence-corrected chi connectivity index (χ2v) is 17.6. The number of piperidine rings is 1. The predicted molar refractivity (Wildman–Crippen MR) is 228 cm³/mol. The van der Waals surface area contributed by atoms with E-state index in [0.717, 1.165) is 49.7 Å². The van der Waals surface area contributed by atoms with Crippen LogP contribution in [0.4, 0.5) is 25.0 Å². The average Bonchev–Trinajstić information content (AvgIpc) is 3.90. The summed E-state index contributed by atoms with van der Waals surface area (Å²) >= 11 is 0. The Hall–Kier alpha value is -6.45. The standard InChI is InChI=1S/C45H49F2N11O5/c1-45(2,63)34-23-37-28(20-38(34)50-43(61)39-9-7-31-19-27(24-48)25-49-58(31)39)26-57(52-37)30-5-3-29(4-6-30)53-11-15-55(16-12-53)44(62)56-17-13-54(14-18-56)32-21-35(46)41(36(47)22-32)33-8-10-40(59)51-42(33)60/h7,9,19-23,25-26,29-30,33,63H,3-6,8,10-18H2,1-2H3,(H,50,61)(H,51,59,60)/t29?,30?,33-/m1/s1. The van der Waals surface area contributed by atoms with Gasteiger partial charge in [0.1, 0.15) is 23.4 Å². The van der Waals surface area contributed by atoms with Gasteiger partial charge in [-0.1, -0.05) is 0 Å². The Morgan fingerprint density at radius 2 is 1.56 bits per heavy atom. The molecule has 5 amide bonds. The molecule has 328 valence electrons. The summed E-state index contributed by atoms with van der Waals surface area (Å²) < 4.78 is 33.9. The first-order valence-corrected chi connectivity index (χ1v) is 21.5. The molecule has 9 rings (SSSR count). The summed E-state index contributed by atoms with van der Waals surface area (Å²) in [5.41, 5.74) is 1.77. The maximum Gasteiger partial charge on any atom is 0.320 e. The predicted octanol–water partition coefficient (Wildman–Crippen LogP) is 4.88. The number of urea groups is 1. The molecular formula is C45H49F2N11O5. The Morgan fingerprint density at radius 3 is 2.21 bits per heavy atom. The number of piperazine rings is 2. The number of fused-ring (bicyclic) bond motifs is 2. The molecule has 16 nitrogen and oxygen atoms in total. The van der Waals surface area contributed by atoms with E-state index in [1.54, 1.807) is 36.9 Å². The molecule has 6 heterocycles. The van der Waals surface area contributed by atoms with E-state index in [1.807, 2.05) is 32.8 Å². The lowest BCUT2D eigenvalue weighted by Crippen LogP contribution is -2.58. The number of hydrogen-bond donors (Lipinski definition) is 3. The maximum absolute atomic E-state index is 15.2. The Balaban J connectivity index is 0.770. The molecule has 0 spiro atoms. The van der Waals surface area contributed by atoms with Crippen LogP contribution in [0, 0.1) is 23.0 Å². The van der Waals surface area contributed by atoms with Crippen LogP contribution in [0.5, 0.6) is 0 Å². The molecule has 0 radical (unpaired) electrons. The van der Waals surface area contributed by atoms with E-state index in [4.69, 9.17) is 5.10 Å². The second-order valence-electron chi connectivity index (χ2n) is 17.6. The molecule has 1 saturated carbocycles. The van der Waals surface area contributed by atoms with E-state index in [2.05, 4.69) is 26.7 Å². The fraction of sp³-hybridized carbons (Fsp3) is 0.444. The van der Waals surface area contributed by atoms with Crippen LogP contribution in [0.1, 0.15) is 91.5 Å². The smallest absolute Gasteiger partial charge is 0.320 e. The average molecular weight is 862 g/mol. The molecular weight excluding hydrogens is 813 g/mol. The first-order valence-electron chi connectivity index (χ1n) is 21.5. The van der Waals surface area contributed by atoms with Crippen molar-refractivity contribution in [2.45, 2.75) is 76.0 Å². The topological polar surface area (TPSA) is 184 Å². The van der Waals surface area contributed by atoms with Crippen LogP contribution in [-0.4, -0.2) is 121 Å². The Morgan fingerprint density at radius 1 is 0.889 bits per heavy atom. The molecule has 0 unspecified atom stereocenters. The molecule has 1 aliphatic carbocycles. The van der Waals surface area contributed by atoms with Gasteiger partial charge in [-0.3, -0.25) is 29.3 Å². The lowest BCUT2D eigenvalue weighted by atomic mass is 9.89. The van der Waals surface area contributed by atoms with Crippen molar-refractivity contribution in [1.29, 1.82) is 5.26 Å². The summed E-state index contributed by atoms with van der Waals surface area (Å²) in [6, 6.07) is 13.8. The van der Waals surface area contributed by atoms with Gasteiger partial charge in [0.2, 0.25) is 11.8 Å². The van der Waals surface area contributed by atoms with Crippen molar-refractivity contribution in [2.24, 2.45) is 0 Å². The van der Waals surface area contributed by atoms with Gasteiger partial charge in [0, 0.05) is 98.9 Å². The Bertz CT molecular complexity index is 2640. The fourth-order valence-electron chi connectivity index (χ4n) is 9.68. The number of rotatable bonds is 7. The maximum atomic E-state index is 15.2. The van der Waals surface area contributed by atoms with Crippen molar-refractivity contribution in [1.82, 2.24) is 39.4 Å². The molecule has 2 aromatic carbocycles. The Labute approximate surface area is 362 Å². The van der Waals surface area contributed by atoms with Crippen LogP contribution in [0.2, 0.25) is 0 Å². The van der Waals surface area contributed by atoms with Gasteiger partial charge in [0.15, 0.2) is 0 Å². The molecule has 63 heavy (non-hydrogen) atoms. The minimum absolute atomic E-state index is 0.0247. The molecule has 1 atom stereocenters. The number of halogens is 2. The summed E-state index contributed by atoms with van der Waals surface area (Å²) in [4.78, 5) is 58.9. The lowest BCUT2D eigenvalue weighted by Gasteiger charge is -2.44. The van der Waals surface area contributed by atoms with Crippen molar-refractivity contribution < 1.29 is 33.1 Å². The molecule has 3 aromatic heterocycles. The SMILES string of the molecule is CC(C)(O)c1cc2nn(C3CCC(N4CCN(C(=O)N5CCN(c6cc(F)c([C@H]7CCC(=O)NC7=O)c(F)c6)CC5)CC4)CC3)cc2cc1NC(=O)c1ccc2cc(C#N)cnn12. The van der Waals surface area contributed by atoms with Crippen molar-refractivity contribution in [3.8, 4) is 6.07 Å². The molecule has 5 aromatic rings. The van der Waals surface area contributed by atoms with Crippen LogP contribution in [0.3, 0.4) is 0 Å². The number of benzene rings is 2. The van der Waals surface area contributed by atoms with Crippen molar-refractivity contribution in [3.05, 3.63) is 88.9 Å². The number of hydrogen-bond acceptors (Lipinski definition) is 10. The van der Waals surface area contributed by atoms with Crippen LogP contribution in [-0.2, 0) is 15.2 Å². The van der Waals surface area contributed by atoms with Crippen LogP contribution in [0.25, 0.3) is 16.4 Å². The largest absolute Gasteiger partial charge is 0.386 e. The number of amides is 5. The third-order valence-corrected chi connectivity index (χ3v) is 13.1. The summed E-state index contributed by atoms with van der Waals surface area (Å²) in [6.07, 6.45) is 7.32. The third kappa shape index (κ3) is 8.30. The van der Waals surface area contributed by atoms with Crippen LogP contribution in [0.15, 0.2) is 54.9 Å². The quantitative estimate of drug-likeness (QED) is 0.191. The molecule has 4 aliphatic rings. The lowest BCUT2D eigenvalue weighted by molar-refractivity contribution is -0.134. The molecule has 3 saturated heterocycles. The highest BCUT2D eigenvalue weighted by atomic mass is 19.1. The fourth-order valence-corrected chi connectivity index (χ4v) is 9.68. The number of nitrogens with one attached hydrogen (secondary N) is 2. The highest BCUT2D eigenvalue weighted by molar-refractivity contribution is 6.05. The van der Waals surface area contributed by atoms with E-state index >= 15 is 8.78 Å². The van der Waals surface area contributed by atoms with Gasteiger partial charge < -0.3 is 25.1 Å². The zero-order valence-corrected chi connectivity index (χ0v) is 35.2. The third-order valence-electron chi connectivity index (χ3n) is 13.1. The zero-order valence-electron chi connectivity index (χ0n) is 35.2. The first kappa shape index (κ1) is 41.9. The highest BCUT2D eigenvalue weighted by Crippen LogP contribution is 2.37. The van der Waals surface area contributed by atoms with Gasteiger partial charge >= 0.3 is 6.03 Å². The number of nitrogens with zero attached hydrogens (tertiary/aromatic N) is 9. The summed E-state index contributed by atoms with van der Waals surface area (Å²) in [5, 5.41) is 35.5. The normalized spacial score (nSPS) is 21.5. The minimum Gasteiger partial charge on any atom is -0.386 e. The molecule has 4 fully saturated rings. The van der Waals surface area contributed by atoms with Crippen LogP contribution < -0.4 is 15.5 Å². The summed E-state index contributed by atoms with van der Waals surface area (Å²) in [6.45, 7) is 7.75.